The molecule has 2 rings (SSSR count). The molecule has 0 bridgehead atoms. The monoisotopic (exact) mass is 174 g/mol. The Labute approximate surface area is 76.9 Å². The average Bonchev–Trinajstić information content (AvgIpc) is 2.62. The van der Waals surface area contributed by atoms with Crippen molar-refractivity contribution in [1.82, 2.24) is 0 Å². The second-order valence-electron chi connectivity index (χ2n) is 2.92. The Bertz CT molecular complexity index is 368. The van der Waals surface area contributed by atoms with Crippen LogP contribution in [0.15, 0.2) is 47.3 Å². The van der Waals surface area contributed by atoms with E-state index in [-0.39, 0.29) is 5.97 Å². The van der Waals surface area contributed by atoms with Crippen molar-refractivity contribution in [3.63, 3.8) is 0 Å². The Morgan fingerprint density at radius 1 is 1.54 bits per heavy atom. The average molecular weight is 174 g/mol. The van der Waals surface area contributed by atoms with Crippen molar-refractivity contribution in [1.29, 1.82) is 0 Å². The summed E-state index contributed by atoms with van der Waals surface area (Å²) in [6, 6.07) is 0. The van der Waals surface area contributed by atoms with E-state index in [1.54, 1.807) is 6.08 Å². The molecule has 0 amide bonds. The standard InChI is InChI=1S/C11H10O2/c1-2-3-5-9-8-6-4-7-10(8)13-11(9)12/h3-7H,2H2,1H3. The molecule has 1 aliphatic carbocycles. The zero-order chi connectivity index (χ0) is 9.26. The van der Waals surface area contributed by atoms with Crippen molar-refractivity contribution in [2.24, 2.45) is 0 Å². The molecule has 0 fully saturated rings. The minimum Gasteiger partial charge on any atom is -0.422 e. The van der Waals surface area contributed by atoms with E-state index in [9.17, 15) is 4.79 Å². The smallest absolute Gasteiger partial charge is 0.344 e. The molecular weight excluding hydrogens is 164 g/mol. The molecule has 0 aromatic carbocycles. The lowest BCUT2D eigenvalue weighted by atomic mass is 10.1. The highest BCUT2D eigenvalue weighted by molar-refractivity contribution is 5.98. The lowest BCUT2D eigenvalue weighted by Crippen LogP contribution is -1.96. The number of hydrogen-bond acceptors (Lipinski definition) is 2. The summed E-state index contributed by atoms with van der Waals surface area (Å²) in [6.07, 6.45) is 10.3. The molecule has 1 aliphatic heterocycles. The quantitative estimate of drug-likeness (QED) is 0.600. The lowest BCUT2D eigenvalue weighted by Gasteiger charge is -1.91. The van der Waals surface area contributed by atoms with Crippen molar-refractivity contribution in [2.75, 3.05) is 0 Å². The van der Waals surface area contributed by atoms with E-state index in [0.29, 0.717) is 11.3 Å². The first kappa shape index (κ1) is 8.05. The first-order chi connectivity index (χ1) is 6.33. The van der Waals surface area contributed by atoms with Crippen LogP contribution in [0, 0.1) is 0 Å². The van der Waals surface area contributed by atoms with E-state index < -0.39 is 0 Å². The summed E-state index contributed by atoms with van der Waals surface area (Å²) in [5.41, 5.74) is 1.58. The number of fused-ring (bicyclic) bond motifs is 1. The van der Waals surface area contributed by atoms with Crippen LogP contribution >= 0.6 is 0 Å². The second kappa shape index (κ2) is 3.05. The van der Waals surface area contributed by atoms with E-state index in [1.165, 1.54) is 0 Å². The number of allylic oxidation sites excluding steroid dienone is 4. The summed E-state index contributed by atoms with van der Waals surface area (Å²) >= 11 is 0. The third-order valence-corrected chi connectivity index (χ3v) is 2.01. The maximum atomic E-state index is 11.3. The SMILES string of the molecule is CCC=CC1=C2C=CC=C2OC1=O. The Balaban J connectivity index is 2.38. The largest absolute Gasteiger partial charge is 0.422 e. The molecule has 2 aliphatic rings. The van der Waals surface area contributed by atoms with Gasteiger partial charge in [-0.3, -0.25) is 0 Å². The molecule has 0 unspecified atom stereocenters. The van der Waals surface area contributed by atoms with E-state index in [0.717, 1.165) is 12.0 Å². The Morgan fingerprint density at radius 3 is 3.15 bits per heavy atom. The second-order valence-corrected chi connectivity index (χ2v) is 2.92. The molecule has 2 heteroatoms. The molecule has 66 valence electrons. The van der Waals surface area contributed by atoms with E-state index in [1.807, 2.05) is 31.2 Å². The van der Waals surface area contributed by atoms with Gasteiger partial charge in [-0.15, -0.1) is 0 Å². The van der Waals surface area contributed by atoms with Gasteiger partial charge in [0.2, 0.25) is 0 Å². The highest BCUT2D eigenvalue weighted by Gasteiger charge is 2.27. The van der Waals surface area contributed by atoms with Gasteiger partial charge in [-0.1, -0.05) is 31.2 Å². The maximum Gasteiger partial charge on any atom is 0.344 e. The number of hydrogen-bond donors (Lipinski definition) is 0. The maximum absolute atomic E-state index is 11.3. The zero-order valence-electron chi connectivity index (χ0n) is 7.41. The van der Waals surface area contributed by atoms with Gasteiger partial charge in [0, 0.05) is 5.57 Å². The Hall–Kier alpha value is -1.57. The first-order valence-electron chi connectivity index (χ1n) is 4.34. The van der Waals surface area contributed by atoms with Gasteiger partial charge < -0.3 is 4.74 Å². The molecule has 1 heterocycles. The van der Waals surface area contributed by atoms with Crippen LogP contribution in [-0.2, 0) is 9.53 Å². The van der Waals surface area contributed by atoms with Gasteiger partial charge in [0.1, 0.15) is 5.76 Å². The van der Waals surface area contributed by atoms with Crippen molar-refractivity contribution < 1.29 is 9.53 Å². The molecule has 2 nitrogen and oxygen atoms in total. The highest BCUT2D eigenvalue weighted by Crippen LogP contribution is 2.31. The molecule has 0 saturated carbocycles. The molecule has 0 N–H and O–H groups in total. The van der Waals surface area contributed by atoms with Crippen LogP contribution in [0.2, 0.25) is 0 Å². The van der Waals surface area contributed by atoms with Gasteiger partial charge in [-0.05, 0) is 12.5 Å². The Morgan fingerprint density at radius 2 is 2.38 bits per heavy atom. The fourth-order valence-corrected chi connectivity index (χ4v) is 1.37. The van der Waals surface area contributed by atoms with Crippen molar-refractivity contribution in [3.8, 4) is 0 Å². The summed E-state index contributed by atoms with van der Waals surface area (Å²) in [4.78, 5) is 11.3. The van der Waals surface area contributed by atoms with Crippen molar-refractivity contribution in [3.05, 3.63) is 47.3 Å². The van der Waals surface area contributed by atoms with Crippen LogP contribution in [0.3, 0.4) is 0 Å². The summed E-state index contributed by atoms with van der Waals surface area (Å²) in [7, 11) is 0. The fraction of sp³-hybridized carbons (Fsp3) is 0.182. The van der Waals surface area contributed by atoms with Crippen LogP contribution in [0.1, 0.15) is 13.3 Å². The number of ether oxygens (including phenoxy) is 1. The minimum atomic E-state index is -0.240. The number of rotatable bonds is 2. The summed E-state index contributed by atoms with van der Waals surface area (Å²) in [6.45, 7) is 2.03. The molecule has 0 spiro atoms. The van der Waals surface area contributed by atoms with Crippen LogP contribution in [0.4, 0.5) is 0 Å². The molecule has 13 heavy (non-hydrogen) atoms. The molecule has 0 saturated heterocycles. The summed E-state index contributed by atoms with van der Waals surface area (Å²) in [5.74, 6) is 0.441. The molecule has 0 aromatic rings. The van der Waals surface area contributed by atoms with Crippen LogP contribution in [-0.4, -0.2) is 5.97 Å². The predicted molar refractivity (Wildman–Crippen MR) is 49.8 cm³/mol. The van der Waals surface area contributed by atoms with E-state index in [4.69, 9.17) is 4.74 Å². The number of carbonyl (C=O) groups is 1. The van der Waals surface area contributed by atoms with Gasteiger partial charge >= 0.3 is 5.97 Å². The highest BCUT2D eigenvalue weighted by atomic mass is 16.5. The Kier molecular flexibility index (Phi) is 1.89. The summed E-state index contributed by atoms with van der Waals surface area (Å²) < 4.78 is 5.03. The molecule has 0 atom stereocenters. The normalized spacial score (nSPS) is 19.8. The van der Waals surface area contributed by atoms with Gasteiger partial charge in [-0.2, -0.15) is 0 Å². The predicted octanol–water partition coefficient (Wildman–Crippen LogP) is 2.26. The first-order valence-corrected chi connectivity index (χ1v) is 4.34. The van der Waals surface area contributed by atoms with Gasteiger partial charge in [0.25, 0.3) is 0 Å². The van der Waals surface area contributed by atoms with E-state index in [2.05, 4.69) is 0 Å². The van der Waals surface area contributed by atoms with Crippen LogP contribution < -0.4 is 0 Å². The van der Waals surface area contributed by atoms with Crippen LogP contribution in [0.25, 0.3) is 0 Å². The molecule has 0 radical (unpaired) electrons. The summed E-state index contributed by atoms with van der Waals surface area (Å²) in [5, 5.41) is 0. The van der Waals surface area contributed by atoms with Crippen molar-refractivity contribution >= 4 is 5.97 Å². The zero-order valence-corrected chi connectivity index (χ0v) is 7.41. The lowest BCUT2D eigenvalue weighted by molar-refractivity contribution is -0.132. The van der Waals surface area contributed by atoms with Crippen LogP contribution in [0.5, 0.6) is 0 Å². The van der Waals surface area contributed by atoms with Crippen molar-refractivity contribution in [2.45, 2.75) is 13.3 Å². The number of carbonyl (C=O) groups excluding carboxylic acids is 1. The van der Waals surface area contributed by atoms with Gasteiger partial charge in [0.15, 0.2) is 0 Å². The van der Waals surface area contributed by atoms with Gasteiger partial charge in [0.05, 0.1) is 5.57 Å². The fourth-order valence-electron chi connectivity index (χ4n) is 1.37. The third kappa shape index (κ3) is 1.24. The topological polar surface area (TPSA) is 26.3 Å². The third-order valence-electron chi connectivity index (χ3n) is 2.01. The molecule has 0 aromatic heterocycles. The van der Waals surface area contributed by atoms with E-state index >= 15 is 0 Å². The number of esters is 1. The molecular formula is C11H10O2. The van der Waals surface area contributed by atoms with Gasteiger partial charge in [-0.25, -0.2) is 4.79 Å². The minimum absolute atomic E-state index is 0.240.